The largest absolute Gasteiger partial charge is 0.379 e. The first kappa shape index (κ1) is 19.0. The second-order valence-electron chi connectivity index (χ2n) is 5.98. The molecular formula is C15H22ClN3O4S. The molecule has 9 heteroatoms. The number of amides is 2. The van der Waals surface area contributed by atoms with Gasteiger partial charge in [-0.15, -0.1) is 0 Å². The third-order valence-electron chi connectivity index (χ3n) is 4.01. The lowest BCUT2D eigenvalue weighted by Crippen LogP contribution is -2.45. The van der Waals surface area contributed by atoms with Crippen LogP contribution in [0.25, 0.3) is 0 Å². The van der Waals surface area contributed by atoms with Crippen LogP contribution in [0.15, 0.2) is 18.2 Å². The van der Waals surface area contributed by atoms with Crippen LogP contribution < -0.4 is 10.6 Å². The van der Waals surface area contributed by atoms with Crippen molar-refractivity contribution in [3.8, 4) is 0 Å². The number of hydrogen-bond donors (Lipinski definition) is 2. The summed E-state index contributed by atoms with van der Waals surface area (Å²) in [4.78, 5) is 12.2. The van der Waals surface area contributed by atoms with Crippen LogP contribution in [0.4, 0.5) is 10.5 Å². The lowest BCUT2D eigenvalue weighted by atomic mass is 10.1. The van der Waals surface area contributed by atoms with Crippen LogP contribution in [-0.2, 0) is 14.8 Å². The predicted molar refractivity (Wildman–Crippen MR) is 93.9 cm³/mol. The Hall–Kier alpha value is -1.35. The maximum Gasteiger partial charge on any atom is 0.319 e. The number of carbonyl (C=O) groups is 1. The molecule has 2 N–H and O–H groups in total. The number of benzene rings is 1. The van der Waals surface area contributed by atoms with Gasteiger partial charge in [-0.2, -0.15) is 0 Å². The molecule has 2 rings (SSSR count). The highest BCUT2D eigenvalue weighted by molar-refractivity contribution is 7.89. The Labute approximate surface area is 147 Å². The van der Waals surface area contributed by atoms with Gasteiger partial charge in [0.1, 0.15) is 0 Å². The van der Waals surface area contributed by atoms with Gasteiger partial charge in [0.05, 0.1) is 25.0 Å². The third-order valence-corrected chi connectivity index (χ3v) is 6.38. The van der Waals surface area contributed by atoms with Crippen molar-refractivity contribution in [2.24, 2.45) is 5.92 Å². The third kappa shape index (κ3) is 4.60. The zero-order valence-electron chi connectivity index (χ0n) is 13.9. The Bertz CT molecular complexity index is 709. The van der Waals surface area contributed by atoms with Crippen LogP contribution in [0.2, 0.25) is 5.02 Å². The summed E-state index contributed by atoms with van der Waals surface area (Å²) in [6.07, 6.45) is 0. The van der Waals surface area contributed by atoms with Gasteiger partial charge in [-0.1, -0.05) is 17.7 Å². The standard InChI is InChI=1S/C15H22ClN3O4S/c1-10-12(16)5-4-6-13(10)17-15(20)18-14-8-23-7-11(14)9-24(21,22)19(2)3/h4-6,11,14H,7-9H2,1-3H3,(H2,17,18,20)/t11-,14+/m0/s1. The van der Waals surface area contributed by atoms with E-state index in [0.717, 1.165) is 5.56 Å². The van der Waals surface area contributed by atoms with Crippen LogP contribution in [0.3, 0.4) is 0 Å². The fourth-order valence-corrected chi connectivity index (χ4v) is 3.75. The van der Waals surface area contributed by atoms with Crippen LogP contribution in [0, 0.1) is 12.8 Å². The van der Waals surface area contributed by atoms with Crippen molar-refractivity contribution >= 4 is 33.3 Å². The molecule has 1 aliphatic heterocycles. The van der Waals surface area contributed by atoms with E-state index < -0.39 is 16.1 Å². The first-order chi connectivity index (χ1) is 11.2. The summed E-state index contributed by atoms with van der Waals surface area (Å²) in [5.41, 5.74) is 1.38. The normalized spacial score (nSPS) is 21.0. The van der Waals surface area contributed by atoms with Gasteiger partial charge >= 0.3 is 6.03 Å². The average Bonchev–Trinajstić information content (AvgIpc) is 2.90. The second-order valence-corrected chi connectivity index (χ2v) is 8.61. The summed E-state index contributed by atoms with van der Waals surface area (Å²) in [7, 11) is -0.381. The summed E-state index contributed by atoms with van der Waals surface area (Å²) in [5, 5.41) is 6.08. The number of hydrogen-bond acceptors (Lipinski definition) is 4. The molecule has 1 aliphatic rings. The molecule has 1 aromatic rings. The summed E-state index contributed by atoms with van der Waals surface area (Å²) in [5.74, 6) is -0.357. The maximum absolute atomic E-state index is 12.2. The molecule has 0 aromatic heterocycles. The Morgan fingerprint density at radius 3 is 2.75 bits per heavy atom. The van der Waals surface area contributed by atoms with Crippen molar-refractivity contribution in [2.45, 2.75) is 13.0 Å². The summed E-state index contributed by atoms with van der Waals surface area (Å²) < 4.78 is 30.6. The molecule has 0 bridgehead atoms. The molecule has 0 aliphatic carbocycles. The molecule has 1 aromatic carbocycles. The Balaban J connectivity index is 1.99. The number of nitrogens with zero attached hydrogens (tertiary/aromatic N) is 1. The van der Waals surface area contributed by atoms with Gasteiger partial charge < -0.3 is 15.4 Å². The van der Waals surface area contributed by atoms with Crippen LogP contribution in [0.1, 0.15) is 5.56 Å². The van der Waals surface area contributed by atoms with E-state index in [-0.39, 0.29) is 24.3 Å². The maximum atomic E-state index is 12.2. The SMILES string of the molecule is Cc1c(Cl)cccc1NC(=O)N[C@@H]1COC[C@H]1CS(=O)(=O)N(C)C. The van der Waals surface area contributed by atoms with Gasteiger partial charge in [-0.25, -0.2) is 17.5 Å². The fourth-order valence-electron chi connectivity index (χ4n) is 2.41. The van der Waals surface area contributed by atoms with E-state index in [9.17, 15) is 13.2 Å². The highest BCUT2D eigenvalue weighted by atomic mass is 35.5. The van der Waals surface area contributed by atoms with Crippen molar-refractivity contribution in [1.29, 1.82) is 0 Å². The molecule has 0 radical (unpaired) electrons. The Kier molecular flexibility index (Phi) is 6.08. The average molecular weight is 376 g/mol. The Morgan fingerprint density at radius 2 is 2.08 bits per heavy atom. The van der Waals surface area contributed by atoms with Gasteiger partial charge in [-0.05, 0) is 24.6 Å². The molecule has 7 nitrogen and oxygen atoms in total. The lowest BCUT2D eigenvalue weighted by molar-refractivity contribution is 0.184. The quantitative estimate of drug-likeness (QED) is 0.819. The van der Waals surface area contributed by atoms with E-state index in [2.05, 4.69) is 10.6 Å². The van der Waals surface area contributed by atoms with Crippen molar-refractivity contribution in [3.05, 3.63) is 28.8 Å². The van der Waals surface area contributed by atoms with Crippen LogP contribution in [-0.4, -0.2) is 57.9 Å². The van der Waals surface area contributed by atoms with Crippen LogP contribution >= 0.6 is 11.6 Å². The number of ether oxygens (including phenoxy) is 1. The number of sulfonamides is 1. The number of nitrogens with one attached hydrogen (secondary N) is 2. The van der Waals surface area contributed by atoms with Crippen molar-refractivity contribution in [2.75, 3.05) is 38.4 Å². The molecule has 1 fully saturated rings. The monoisotopic (exact) mass is 375 g/mol. The van der Waals surface area contributed by atoms with Crippen molar-refractivity contribution < 1.29 is 17.9 Å². The van der Waals surface area contributed by atoms with Gasteiger partial charge in [0.25, 0.3) is 0 Å². The van der Waals surface area contributed by atoms with Gasteiger partial charge in [0, 0.05) is 30.7 Å². The molecular weight excluding hydrogens is 354 g/mol. The molecule has 0 spiro atoms. The van der Waals surface area contributed by atoms with Gasteiger partial charge in [0.2, 0.25) is 10.0 Å². The fraction of sp³-hybridized carbons (Fsp3) is 0.533. The smallest absolute Gasteiger partial charge is 0.319 e. The van der Waals surface area contributed by atoms with Crippen molar-refractivity contribution in [1.82, 2.24) is 9.62 Å². The highest BCUT2D eigenvalue weighted by Gasteiger charge is 2.34. The van der Waals surface area contributed by atoms with E-state index in [1.54, 1.807) is 18.2 Å². The molecule has 0 unspecified atom stereocenters. The zero-order valence-corrected chi connectivity index (χ0v) is 15.4. The minimum atomic E-state index is -3.36. The minimum Gasteiger partial charge on any atom is -0.379 e. The van der Waals surface area contributed by atoms with Crippen molar-refractivity contribution in [3.63, 3.8) is 0 Å². The molecule has 2 amide bonds. The molecule has 1 saturated heterocycles. The first-order valence-electron chi connectivity index (χ1n) is 7.51. The Morgan fingerprint density at radius 1 is 1.38 bits per heavy atom. The molecule has 1 heterocycles. The predicted octanol–water partition coefficient (Wildman–Crippen LogP) is 1.68. The number of carbonyl (C=O) groups excluding carboxylic acids is 1. The highest BCUT2D eigenvalue weighted by Crippen LogP contribution is 2.23. The molecule has 2 atom stereocenters. The van der Waals surface area contributed by atoms with E-state index in [1.165, 1.54) is 18.4 Å². The molecule has 134 valence electrons. The van der Waals surface area contributed by atoms with Gasteiger partial charge in [0.15, 0.2) is 0 Å². The van der Waals surface area contributed by atoms with Crippen LogP contribution in [0.5, 0.6) is 0 Å². The summed E-state index contributed by atoms with van der Waals surface area (Å²) in [6, 6.07) is 4.46. The number of anilines is 1. The zero-order chi connectivity index (χ0) is 17.9. The summed E-state index contributed by atoms with van der Waals surface area (Å²) >= 11 is 6.03. The summed E-state index contributed by atoms with van der Waals surface area (Å²) in [6.45, 7) is 2.40. The minimum absolute atomic E-state index is 0.0683. The number of urea groups is 1. The molecule has 24 heavy (non-hydrogen) atoms. The second kappa shape index (κ2) is 7.69. The lowest BCUT2D eigenvalue weighted by Gasteiger charge is -2.21. The molecule has 0 saturated carbocycles. The van der Waals surface area contributed by atoms with E-state index >= 15 is 0 Å². The topological polar surface area (TPSA) is 87.7 Å². The van der Waals surface area contributed by atoms with Gasteiger partial charge in [-0.3, -0.25) is 0 Å². The van der Waals surface area contributed by atoms with E-state index in [0.29, 0.717) is 17.3 Å². The van der Waals surface area contributed by atoms with E-state index in [4.69, 9.17) is 16.3 Å². The number of halogens is 1. The number of rotatable bonds is 5. The first-order valence-corrected chi connectivity index (χ1v) is 9.50. The van der Waals surface area contributed by atoms with E-state index in [1.807, 2.05) is 6.92 Å².